The van der Waals surface area contributed by atoms with E-state index in [1.54, 1.807) is 6.07 Å². The van der Waals surface area contributed by atoms with E-state index in [2.05, 4.69) is 32.8 Å². The van der Waals surface area contributed by atoms with Crippen LogP contribution in [0.1, 0.15) is 17.5 Å². The lowest BCUT2D eigenvalue weighted by Crippen LogP contribution is -1.89. The van der Waals surface area contributed by atoms with Crippen molar-refractivity contribution in [2.45, 2.75) is 13.3 Å². The van der Waals surface area contributed by atoms with Crippen molar-refractivity contribution < 1.29 is 4.39 Å². The third-order valence-corrected chi connectivity index (χ3v) is 1.81. The molecule has 0 saturated carbocycles. The molecule has 1 aromatic rings. The Morgan fingerprint density at radius 2 is 2.38 bits per heavy atom. The number of nitrogens with zero attached hydrogens (tertiary/aromatic N) is 1. The highest BCUT2D eigenvalue weighted by molar-refractivity contribution is 9.09. The first kappa shape index (κ1) is 10.2. The Hall–Kier alpha value is -0.880. The summed E-state index contributed by atoms with van der Waals surface area (Å²) in [4.78, 5) is 3.58. The molecule has 0 radical (unpaired) electrons. The lowest BCUT2D eigenvalue weighted by Gasteiger charge is -1.94. The number of aromatic nitrogens is 1. The van der Waals surface area contributed by atoms with Crippen molar-refractivity contribution in [3.05, 3.63) is 29.3 Å². The van der Waals surface area contributed by atoms with Gasteiger partial charge in [-0.25, -0.2) is 4.98 Å². The van der Waals surface area contributed by atoms with Crippen LogP contribution in [0.5, 0.6) is 0 Å². The number of hydrogen-bond donors (Lipinski definition) is 0. The minimum Gasteiger partial charge on any atom is -0.227 e. The summed E-state index contributed by atoms with van der Waals surface area (Å²) in [5.41, 5.74) is 1.30. The molecule has 0 aromatic carbocycles. The van der Waals surface area contributed by atoms with Gasteiger partial charge in [0.25, 0.3) is 0 Å². The normalized spacial score (nSPS) is 9.15. The number of pyridine rings is 1. The van der Waals surface area contributed by atoms with Gasteiger partial charge in [0, 0.05) is 17.9 Å². The summed E-state index contributed by atoms with van der Waals surface area (Å²) in [6, 6.07) is 1.70. The van der Waals surface area contributed by atoms with E-state index in [0.717, 1.165) is 10.9 Å². The molecule has 0 saturated heterocycles. The molecule has 0 bridgehead atoms. The first-order chi connectivity index (χ1) is 6.24. The lowest BCUT2D eigenvalue weighted by molar-refractivity contribution is 0.579. The highest BCUT2D eigenvalue weighted by Gasteiger charge is 1.98. The fourth-order valence-electron chi connectivity index (χ4n) is 0.845. The van der Waals surface area contributed by atoms with E-state index in [9.17, 15) is 4.39 Å². The van der Waals surface area contributed by atoms with E-state index < -0.39 is 5.95 Å². The average molecular weight is 242 g/mol. The minimum absolute atomic E-state index is 0.376. The summed E-state index contributed by atoms with van der Waals surface area (Å²) in [5, 5.41) is 0.806. The molecule has 0 amide bonds. The number of aryl methyl sites for hydroxylation is 1. The van der Waals surface area contributed by atoms with Gasteiger partial charge in [-0.05, 0) is 18.6 Å². The Balaban J connectivity index is 2.89. The zero-order valence-corrected chi connectivity index (χ0v) is 8.86. The second-order valence-electron chi connectivity index (χ2n) is 2.59. The van der Waals surface area contributed by atoms with Gasteiger partial charge in [-0.1, -0.05) is 27.8 Å². The monoisotopic (exact) mass is 241 g/mol. The summed E-state index contributed by atoms with van der Waals surface area (Å²) < 4.78 is 13.0. The second kappa shape index (κ2) is 4.98. The van der Waals surface area contributed by atoms with E-state index >= 15 is 0 Å². The van der Waals surface area contributed by atoms with Crippen molar-refractivity contribution in [1.29, 1.82) is 0 Å². The van der Waals surface area contributed by atoms with Gasteiger partial charge in [-0.3, -0.25) is 0 Å². The maximum atomic E-state index is 13.0. The summed E-state index contributed by atoms with van der Waals surface area (Å²) in [6.07, 6.45) is 2.21. The largest absolute Gasteiger partial charge is 0.228 e. The molecule has 0 aliphatic heterocycles. The molecule has 0 aliphatic rings. The molecule has 0 fully saturated rings. The van der Waals surface area contributed by atoms with E-state index in [0.29, 0.717) is 12.0 Å². The fourth-order valence-corrected chi connectivity index (χ4v) is 1.04. The van der Waals surface area contributed by atoms with Crippen LogP contribution in [0.4, 0.5) is 4.39 Å². The van der Waals surface area contributed by atoms with Crippen LogP contribution in [0.2, 0.25) is 0 Å². The van der Waals surface area contributed by atoms with Crippen LogP contribution >= 0.6 is 15.9 Å². The topological polar surface area (TPSA) is 12.9 Å². The van der Waals surface area contributed by atoms with Gasteiger partial charge in [0.2, 0.25) is 5.95 Å². The molecule has 0 unspecified atom stereocenters. The molecule has 68 valence electrons. The first-order valence-corrected chi connectivity index (χ1v) is 5.03. The summed E-state index contributed by atoms with van der Waals surface area (Å²) in [7, 11) is 0. The maximum absolute atomic E-state index is 13.0. The fraction of sp³-hybridized carbons (Fsp3) is 0.300. The number of rotatable bonds is 1. The zero-order valence-electron chi connectivity index (χ0n) is 7.27. The Kier molecular flexibility index (Phi) is 3.91. The third kappa shape index (κ3) is 3.16. The first-order valence-electron chi connectivity index (χ1n) is 3.91. The zero-order chi connectivity index (χ0) is 9.68. The number of hydrogen-bond acceptors (Lipinski definition) is 1. The molecular weight excluding hydrogens is 233 g/mol. The van der Waals surface area contributed by atoms with Crippen LogP contribution < -0.4 is 0 Å². The van der Waals surface area contributed by atoms with Gasteiger partial charge in [0.15, 0.2) is 0 Å². The van der Waals surface area contributed by atoms with Crippen molar-refractivity contribution >= 4 is 15.9 Å². The molecule has 0 aliphatic carbocycles. The molecule has 1 rings (SSSR count). The number of halogens is 2. The molecule has 1 aromatic heterocycles. The summed E-state index contributed by atoms with van der Waals surface area (Å²) in [6.45, 7) is 1.86. The Morgan fingerprint density at radius 3 is 3.08 bits per heavy atom. The van der Waals surface area contributed by atoms with E-state index in [1.165, 1.54) is 6.20 Å². The van der Waals surface area contributed by atoms with Crippen molar-refractivity contribution in [2.24, 2.45) is 0 Å². The van der Waals surface area contributed by atoms with Crippen molar-refractivity contribution in [1.82, 2.24) is 4.98 Å². The van der Waals surface area contributed by atoms with Crippen LogP contribution in [-0.2, 0) is 0 Å². The van der Waals surface area contributed by atoms with Crippen molar-refractivity contribution in [3.63, 3.8) is 0 Å². The molecule has 0 spiro atoms. The average Bonchev–Trinajstić information content (AvgIpc) is 2.11. The van der Waals surface area contributed by atoms with E-state index in [1.807, 2.05) is 6.92 Å². The van der Waals surface area contributed by atoms with Crippen LogP contribution in [0.25, 0.3) is 0 Å². The maximum Gasteiger partial charge on any atom is 0.228 e. The molecule has 1 heterocycles. The molecule has 0 atom stereocenters. The standard InChI is InChI=1S/C10H9BrFN/c1-8-6-9(4-2-3-5-11)10(12)13-7-8/h6-7H,3,5H2,1H3. The molecule has 13 heavy (non-hydrogen) atoms. The van der Waals surface area contributed by atoms with Gasteiger partial charge >= 0.3 is 0 Å². The SMILES string of the molecule is Cc1cnc(F)c(C#CCCBr)c1. The highest BCUT2D eigenvalue weighted by Crippen LogP contribution is 2.04. The lowest BCUT2D eigenvalue weighted by atomic mass is 10.2. The van der Waals surface area contributed by atoms with E-state index in [-0.39, 0.29) is 0 Å². The van der Waals surface area contributed by atoms with Crippen molar-refractivity contribution in [2.75, 3.05) is 5.33 Å². The van der Waals surface area contributed by atoms with Gasteiger partial charge in [0.05, 0.1) is 5.56 Å². The minimum atomic E-state index is -0.493. The predicted molar refractivity (Wildman–Crippen MR) is 54.2 cm³/mol. The van der Waals surface area contributed by atoms with Gasteiger partial charge in [0.1, 0.15) is 0 Å². The van der Waals surface area contributed by atoms with Crippen LogP contribution in [0, 0.1) is 24.7 Å². The summed E-state index contributed by atoms with van der Waals surface area (Å²) >= 11 is 3.24. The predicted octanol–water partition coefficient (Wildman–Crippen LogP) is 2.67. The molecule has 0 N–H and O–H groups in total. The van der Waals surface area contributed by atoms with Crippen LogP contribution in [-0.4, -0.2) is 10.3 Å². The second-order valence-corrected chi connectivity index (χ2v) is 3.38. The number of alkyl halides is 1. The Labute approximate surface area is 85.5 Å². The molecule has 1 nitrogen and oxygen atoms in total. The van der Waals surface area contributed by atoms with Gasteiger partial charge < -0.3 is 0 Å². The van der Waals surface area contributed by atoms with E-state index in [4.69, 9.17) is 0 Å². The quantitative estimate of drug-likeness (QED) is 0.419. The smallest absolute Gasteiger partial charge is 0.227 e. The van der Waals surface area contributed by atoms with Crippen molar-refractivity contribution in [3.8, 4) is 11.8 Å². The molecule has 3 heteroatoms. The van der Waals surface area contributed by atoms with Crippen LogP contribution in [0.3, 0.4) is 0 Å². The Bertz CT molecular complexity index is 352. The third-order valence-electron chi connectivity index (χ3n) is 1.42. The Morgan fingerprint density at radius 1 is 1.62 bits per heavy atom. The summed E-state index contributed by atoms with van der Waals surface area (Å²) in [5.74, 6) is 5.09. The molecular formula is C10H9BrFN. The van der Waals surface area contributed by atoms with Gasteiger partial charge in [-0.15, -0.1) is 0 Å². The highest BCUT2D eigenvalue weighted by atomic mass is 79.9. The van der Waals surface area contributed by atoms with Crippen LogP contribution in [0.15, 0.2) is 12.3 Å². The van der Waals surface area contributed by atoms with Gasteiger partial charge in [-0.2, -0.15) is 4.39 Å².